The number of rotatable bonds is 6. The molecule has 0 unspecified atom stereocenters. The molecule has 8 nitrogen and oxygen atoms in total. The van der Waals surface area contributed by atoms with Crippen LogP contribution in [0.1, 0.15) is 11.1 Å². The monoisotopic (exact) mass is 402 g/mol. The molecule has 0 atom stereocenters. The first-order valence-electron chi connectivity index (χ1n) is 8.21. The van der Waals surface area contributed by atoms with Crippen molar-refractivity contribution in [3.05, 3.63) is 71.2 Å². The first-order chi connectivity index (χ1) is 13.8. The van der Waals surface area contributed by atoms with Crippen LogP contribution >= 0.6 is 0 Å². The van der Waals surface area contributed by atoms with Crippen molar-refractivity contribution in [3.63, 3.8) is 0 Å². The number of phenolic OH excluding ortho intramolecular Hbond substituents is 2. The third kappa shape index (κ3) is 8.08. The number of ether oxygens (including phenoxy) is 3. The number of methoxy groups -OCH3 is 3. The second-order valence-electron chi connectivity index (χ2n) is 5.41. The lowest BCUT2D eigenvalue weighted by molar-refractivity contribution is -0.139. The highest BCUT2D eigenvalue weighted by Gasteiger charge is 2.09. The van der Waals surface area contributed by atoms with Gasteiger partial charge in [-0.1, -0.05) is 24.3 Å². The van der Waals surface area contributed by atoms with E-state index in [0.29, 0.717) is 5.56 Å². The van der Waals surface area contributed by atoms with Crippen molar-refractivity contribution in [2.45, 2.75) is 0 Å². The maximum absolute atomic E-state index is 11.1. The van der Waals surface area contributed by atoms with E-state index in [0.717, 1.165) is 5.56 Å². The maximum Gasteiger partial charge on any atom is 0.373 e. The molecule has 0 saturated carbocycles. The number of carboxylic acid groups (broad SMARTS) is 1. The average molecular weight is 402 g/mol. The summed E-state index contributed by atoms with van der Waals surface area (Å²) >= 11 is 0. The zero-order chi connectivity index (χ0) is 21.8. The number of hydrogen-bond acceptors (Lipinski definition) is 7. The van der Waals surface area contributed by atoms with Crippen LogP contribution < -0.4 is 0 Å². The Morgan fingerprint density at radius 2 is 1.07 bits per heavy atom. The Labute approximate surface area is 167 Å². The Morgan fingerprint density at radius 3 is 1.38 bits per heavy atom. The summed E-state index contributed by atoms with van der Waals surface area (Å²) in [4.78, 5) is 21.7. The lowest BCUT2D eigenvalue weighted by Crippen LogP contribution is -2.05. The number of carbonyl (C=O) groups excluding carboxylic acids is 1. The number of aliphatic carboxylic acids is 1. The smallest absolute Gasteiger partial charge is 0.373 e. The lowest BCUT2D eigenvalue weighted by Gasteiger charge is -2.03. The molecule has 3 N–H and O–H groups in total. The number of benzene rings is 2. The van der Waals surface area contributed by atoms with Gasteiger partial charge in [0.2, 0.25) is 11.5 Å². The van der Waals surface area contributed by atoms with Crippen molar-refractivity contribution < 1.29 is 39.1 Å². The summed E-state index contributed by atoms with van der Waals surface area (Å²) in [7, 11) is 3.97. The second kappa shape index (κ2) is 11.7. The molecule has 0 aromatic heterocycles. The summed E-state index contributed by atoms with van der Waals surface area (Å²) in [6.45, 7) is 0. The minimum atomic E-state index is -1.12. The fraction of sp³-hybridized carbons (Fsp3) is 0.143. The summed E-state index contributed by atoms with van der Waals surface area (Å²) < 4.78 is 14.0. The van der Waals surface area contributed by atoms with Crippen molar-refractivity contribution in [2.24, 2.45) is 0 Å². The van der Waals surface area contributed by atoms with E-state index in [1.165, 1.54) is 57.7 Å². The Morgan fingerprint density at radius 1 is 0.690 bits per heavy atom. The number of esters is 1. The third-order valence-corrected chi connectivity index (χ3v) is 3.42. The highest BCUT2D eigenvalue weighted by atomic mass is 16.6. The molecule has 2 aromatic carbocycles. The van der Waals surface area contributed by atoms with Crippen molar-refractivity contribution in [1.82, 2.24) is 0 Å². The highest BCUT2D eigenvalue weighted by Crippen LogP contribution is 2.14. The molecule has 0 saturated heterocycles. The normalized spacial score (nSPS) is 11.0. The van der Waals surface area contributed by atoms with Gasteiger partial charge in [-0.3, -0.25) is 0 Å². The standard InChI is InChI=1S/C11H12O4.C10H10O4/c1-14-10(11(13)15-2)7-8-3-5-9(12)6-4-8;1-14-9(10(12)13)6-7-2-4-8(11)5-3-7/h3-7,12H,1-2H3;2-6,11H,1H3,(H,12,13)/b10-7-;9-6-. The summed E-state index contributed by atoms with van der Waals surface area (Å²) in [5, 5.41) is 26.7. The minimum Gasteiger partial charge on any atom is -0.508 e. The van der Waals surface area contributed by atoms with E-state index in [4.69, 9.17) is 20.1 Å². The van der Waals surface area contributed by atoms with Gasteiger partial charge in [0.25, 0.3) is 0 Å². The van der Waals surface area contributed by atoms with E-state index in [9.17, 15) is 9.59 Å². The maximum atomic E-state index is 11.1. The van der Waals surface area contributed by atoms with Crippen LogP contribution in [0, 0.1) is 0 Å². The lowest BCUT2D eigenvalue weighted by atomic mass is 10.2. The van der Waals surface area contributed by atoms with Gasteiger partial charge in [-0.15, -0.1) is 0 Å². The highest BCUT2D eigenvalue weighted by molar-refractivity contribution is 5.91. The average Bonchev–Trinajstić information content (AvgIpc) is 2.72. The van der Waals surface area contributed by atoms with Crippen molar-refractivity contribution in [2.75, 3.05) is 21.3 Å². The molecule has 29 heavy (non-hydrogen) atoms. The predicted molar refractivity (Wildman–Crippen MR) is 106 cm³/mol. The topological polar surface area (TPSA) is 123 Å². The van der Waals surface area contributed by atoms with Crippen LogP contribution in [-0.4, -0.2) is 48.6 Å². The molecule has 0 aliphatic rings. The van der Waals surface area contributed by atoms with Gasteiger partial charge in [-0.2, -0.15) is 0 Å². The number of carboxylic acids is 1. The van der Waals surface area contributed by atoms with E-state index in [1.54, 1.807) is 24.3 Å². The molecule has 0 aliphatic heterocycles. The Hall–Kier alpha value is -3.94. The quantitative estimate of drug-likeness (QED) is 0.383. The predicted octanol–water partition coefficient (Wildman–Crippen LogP) is 3.02. The largest absolute Gasteiger partial charge is 0.508 e. The molecule has 0 amide bonds. The molecule has 0 heterocycles. The van der Waals surface area contributed by atoms with Gasteiger partial charge in [0.15, 0.2) is 0 Å². The summed E-state index contributed by atoms with van der Waals surface area (Å²) in [6.07, 6.45) is 2.91. The van der Waals surface area contributed by atoms with Crippen LogP contribution in [0.4, 0.5) is 0 Å². The minimum absolute atomic E-state index is 0.114. The molecule has 8 heteroatoms. The molecule has 0 radical (unpaired) electrons. The molecule has 2 aromatic rings. The third-order valence-electron chi connectivity index (χ3n) is 3.42. The number of hydrogen-bond donors (Lipinski definition) is 3. The van der Waals surface area contributed by atoms with Crippen molar-refractivity contribution >= 4 is 24.1 Å². The zero-order valence-corrected chi connectivity index (χ0v) is 16.2. The van der Waals surface area contributed by atoms with Gasteiger partial charge in [-0.05, 0) is 47.5 Å². The van der Waals surface area contributed by atoms with E-state index < -0.39 is 11.9 Å². The molecule has 0 spiro atoms. The van der Waals surface area contributed by atoms with Crippen LogP contribution in [0.15, 0.2) is 60.0 Å². The van der Waals surface area contributed by atoms with Crippen molar-refractivity contribution in [3.8, 4) is 11.5 Å². The van der Waals surface area contributed by atoms with E-state index >= 15 is 0 Å². The summed E-state index contributed by atoms with van der Waals surface area (Å²) in [6, 6.07) is 12.5. The molecular formula is C21H22O8. The van der Waals surface area contributed by atoms with Crippen LogP contribution in [-0.2, 0) is 23.8 Å². The second-order valence-corrected chi connectivity index (χ2v) is 5.41. The Balaban J connectivity index is 0.000000291. The van der Waals surface area contributed by atoms with Gasteiger partial charge in [0.05, 0.1) is 21.3 Å². The van der Waals surface area contributed by atoms with Crippen LogP contribution in [0.25, 0.3) is 12.2 Å². The summed E-state index contributed by atoms with van der Waals surface area (Å²) in [5.41, 5.74) is 1.40. The number of phenols is 2. The van der Waals surface area contributed by atoms with Crippen LogP contribution in [0.2, 0.25) is 0 Å². The molecular weight excluding hydrogens is 380 g/mol. The first-order valence-corrected chi connectivity index (χ1v) is 8.21. The Kier molecular flexibility index (Phi) is 9.32. The van der Waals surface area contributed by atoms with Gasteiger partial charge in [0, 0.05) is 0 Å². The first kappa shape index (κ1) is 23.1. The molecule has 0 aliphatic carbocycles. The van der Waals surface area contributed by atoms with Crippen LogP contribution in [0.5, 0.6) is 11.5 Å². The molecule has 2 rings (SSSR count). The van der Waals surface area contributed by atoms with Gasteiger partial charge < -0.3 is 29.5 Å². The fourth-order valence-corrected chi connectivity index (χ4v) is 1.95. The molecule has 0 bridgehead atoms. The van der Waals surface area contributed by atoms with Gasteiger partial charge in [0.1, 0.15) is 11.5 Å². The van der Waals surface area contributed by atoms with Crippen molar-refractivity contribution in [1.29, 1.82) is 0 Å². The zero-order valence-electron chi connectivity index (χ0n) is 16.2. The van der Waals surface area contributed by atoms with E-state index in [-0.39, 0.29) is 23.0 Å². The molecule has 154 valence electrons. The summed E-state index contributed by atoms with van der Waals surface area (Å²) in [5.74, 6) is -1.38. The number of carbonyl (C=O) groups is 2. The van der Waals surface area contributed by atoms with Crippen LogP contribution in [0.3, 0.4) is 0 Å². The SMILES string of the molecule is CO/C(=C\c1ccc(O)cc1)C(=O)O.COC(=O)/C(=C/c1ccc(O)cc1)OC. The van der Waals surface area contributed by atoms with Gasteiger partial charge >= 0.3 is 11.9 Å². The van der Waals surface area contributed by atoms with E-state index in [1.807, 2.05) is 0 Å². The van der Waals surface area contributed by atoms with E-state index in [2.05, 4.69) is 9.47 Å². The number of aromatic hydroxyl groups is 2. The molecule has 0 fully saturated rings. The fourth-order valence-electron chi connectivity index (χ4n) is 1.95. The Bertz CT molecular complexity index is 865. The van der Waals surface area contributed by atoms with Gasteiger partial charge in [-0.25, -0.2) is 9.59 Å².